The summed E-state index contributed by atoms with van der Waals surface area (Å²) in [5.74, 6) is -0.224. The lowest BCUT2D eigenvalue weighted by atomic mass is 10.2. The van der Waals surface area contributed by atoms with Crippen molar-refractivity contribution in [2.75, 3.05) is 0 Å². The van der Waals surface area contributed by atoms with Gasteiger partial charge in [-0.1, -0.05) is 5.21 Å². The van der Waals surface area contributed by atoms with Crippen molar-refractivity contribution in [2.24, 2.45) is 5.73 Å². The summed E-state index contributed by atoms with van der Waals surface area (Å²) in [6.45, 7) is 2.06. The first-order valence-corrected chi connectivity index (χ1v) is 4.58. The molecule has 0 bridgehead atoms. The molecule has 1 aromatic carbocycles. The predicted molar refractivity (Wildman–Crippen MR) is 53.9 cm³/mol. The van der Waals surface area contributed by atoms with Crippen LogP contribution in [0.5, 0.6) is 0 Å². The van der Waals surface area contributed by atoms with Crippen LogP contribution in [0.25, 0.3) is 5.69 Å². The van der Waals surface area contributed by atoms with Gasteiger partial charge in [0.25, 0.3) is 0 Å². The van der Waals surface area contributed by atoms with Crippen molar-refractivity contribution in [1.82, 2.24) is 15.0 Å². The summed E-state index contributed by atoms with van der Waals surface area (Å²) in [5, 5.41) is 7.75. The fraction of sp³-hybridized carbons (Fsp3) is 0.200. The van der Waals surface area contributed by atoms with Gasteiger partial charge in [-0.05, 0) is 30.7 Å². The van der Waals surface area contributed by atoms with Crippen LogP contribution in [0, 0.1) is 12.7 Å². The highest BCUT2D eigenvalue weighted by atomic mass is 19.1. The summed E-state index contributed by atoms with van der Waals surface area (Å²) in [7, 11) is 0. The Morgan fingerprint density at radius 2 is 2.27 bits per heavy atom. The molecule has 0 aliphatic carbocycles. The zero-order valence-corrected chi connectivity index (χ0v) is 8.31. The number of rotatable bonds is 2. The van der Waals surface area contributed by atoms with Crippen LogP contribution in [0.4, 0.5) is 4.39 Å². The van der Waals surface area contributed by atoms with Crippen LogP contribution in [0.2, 0.25) is 0 Å². The summed E-state index contributed by atoms with van der Waals surface area (Å²) < 4.78 is 14.6. The number of aromatic nitrogens is 3. The molecule has 2 N–H and O–H groups in total. The van der Waals surface area contributed by atoms with Crippen LogP contribution in [0.15, 0.2) is 24.4 Å². The van der Waals surface area contributed by atoms with E-state index in [9.17, 15) is 4.39 Å². The van der Waals surface area contributed by atoms with Crippen molar-refractivity contribution in [3.05, 3.63) is 41.5 Å². The van der Waals surface area contributed by atoms with Crippen molar-refractivity contribution in [2.45, 2.75) is 13.5 Å². The Morgan fingerprint density at radius 1 is 1.47 bits per heavy atom. The van der Waals surface area contributed by atoms with E-state index >= 15 is 0 Å². The average Bonchev–Trinajstić information content (AvgIpc) is 2.70. The molecule has 15 heavy (non-hydrogen) atoms. The number of aryl methyl sites for hydroxylation is 1. The van der Waals surface area contributed by atoms with Gasteiger partial charge in [0, 0.05) is 6.54 Å². The molecule has 0 aliphatic rings. The van der Waals surface area contributed by atoms with Gasteiger partial charge in [0.2, 0.25) is 0 Å². The molecule has 1 heterocycles. The van der Waals surface area contributed by atoms with Crippen LogP contribution in [0.3, 0.4) is 0 Å². The van der Waals surface area contributed by atoms with E-state index in [0.29, 0.717) is 17.8 Å². The molecule has 2 aromatic rings. The van der Waals surface area contributed by atoms with Gasteiger partial charge < -0.3 is 5.73 Å². The molecule has 0 radical (unpaired) electrons. The third-order valence-electron chi connectivity index (χ3n) is 2.16. The Hall–Kier alpha value is -1.75. The maximum Gasteiger partial charge on any atom is 0.126 e. The van der Waals surface area contributed by atoms with Gasteiger partial charge in [0.05, 0.1) is 17.6 Å². The van der Waals surface area contributed by atoms with Crippen LogP contribution < -0.4 is 5.73 Å². The Bertz CT molecular complexity index is 478. The molecular weight excluding hydrogens is 195 g/mol. The topological polar surface area (TPSA) is 56.7 Å². The molecule has 5 heteroatoms. The molecule has 0 saturated carbocycles. The Labute approximate surface area is 86.5 Å². The second kappa shape index (κ2) is 3.78. The molecule has 0 saturated heterocycles. The van der Waals surface area contributed by atoms with Crippen molar-refractivity contribution < 1.29 is 4.39 Å². The second-order valence-corrected chi connectivity index (χ2v) is 3.29. The number of halogens is 1. The van der Waals surface area contributed by atoms with Gasteiger partial charge in [-0.3, -0.25) is 0 Å². The minimum atomic E-state index is -0.224. The number of benzene rings is 1. The fourth-order valence-electron chi connectivity index (χ4n) is 1.29. The van der Waals surface area contributed by atoms with Gasteiger partial charge in [-0.15, -0.1) is 5.10 Å². The van der Waals surface area contributed by atoms with E-state index in [-0.39, 0.29) is 5.82 Å². The lowest BCUT2D eigenvalue weighted by Crippen LogP contribution is -1.97. The quantitative estimate of drug-likeness (QED) is 0.802. The largest absolute Gasteiger partial charge is 0.325 e. The maximum atomic E-state index is 13.0. The van der Waals surface area contributed by atoms with E-state index < -0.39 is 0 Å². The summed E-state index contributed by atoms with van der Waals surface area (Å²) in [4.78, 5) is 0. The van der Waals surface area contributed by atoms with Gasteiger partial charge in [-0.2, -0.15) is 0 Å². The van der Waals surface area contributed by atoms with Gasteiger partial charge in [0.15, 0.2) is 0 Å². The van der Waals surface area contributed by atoms with Crippen molar-refractivity contribution in [3.8, 4) is 5.69 Å². The van der Waals surface area contributed by atoms with Gasteiger partial charge >= 0.3 is 0 Å². The molecule has 0 aliphatic heterocycles. The van der Waals surface area contributed by atoms with E-state index in [1.165, 1.54) is 6.07 Å². The Morgan fingerprint density at radius 3 is 2.87 bits per heavy atom. The van der Waals surface area contributed by atoms with E-state index in [2.05, 4.69) is 10.3 Å². The Kier molecular flexibility index (Phi) is 2.47. The van der Waals surface area contributed by atoms with Crippen molar-refractivity contribution >= 4 is 0 Å². The van der Waals surface area contributed by atoms with Crippen LogP contribution >= 0.6 is 0 Å². The third-order valence-corrected chi connectivity index (χ3v) is 2.16. The smallest absolute Gasteiger partial charge is 0.126 e. The number of hydrogen-bond acceptors (Lipinski definition) is 3. The normalized spacial score (nSPS) is 10.6. The first-order valence-electron chi connectivity index (χ1n) is 4.58. The van der Waals surface area contributed by atoms with Crippen LogP contribution in [-0.4, -0.2) is 15.0 Å². The van der Waals surface area contributed by atoms with E-state index in [4.69, 9.17) is 5.73 Å². The minimum Gasteiger partial charge on any atom is -0.325 e. The summed E-state index contributed by atoms with van der Waals surface area (Å²) in [6, 6.07) is 4.77. The van der Waals surface area contributed by atoms with E-state index in [1.54, 1.807) is 29.9 Å². The Balaban J connectivity index is 2.40. The predicted octanol–water partition coefficient (Wildman–Crippen LogP) is 1.17. The molecule has 4 nitrogen and oxygen atoms in total. The third kappa shape index (κ3) is 1.87. The molecule has 0 amide bonds. The molecule has 1 aromatic heterocycles. The van der Waals surface area contributed by atoms with E-state index in [0.717, 1.165) is 5.69 Å². The first-order chi connectivity index (χ1) is 7.20. The molecule has 78 valence electrons. The van der Waals surface area contributed by atoms with Gasteiger partial charge in [-0.25, -0.2) is 9.07 Å². The highest BCUT2D eigenvalue weighted by molar-refractivity contribution is 5.35. The number of nitrogens with two attached hydrogens (primary N) is 1. The van der Waals surface area contributed by atoms with Gasteiger partial charge in [0.1, 0.15) is 5.82 Å². The molecule has 2 rings (SSSR count). The molecule has 0 unspecified atom stereocenters. The average molecular weight is 206 g/mol. The summed E-state index contributed by atoms with van der Waals surface area (Å²) in [6.07, 6.45) is 1.73. The highest BCUT2D eigenvalue weighted by Crippen LogP contribution is 2.12. The number of hydrogen-bond donors (Lipinski definition) is 1. The lowest BCUT2D eigenvalue weighted by Gasteiger charge is -2.01. The van der Waals surface area contributed by atoms with E-state index in [1.807, 2.05) is 0 Å². The summed E-state index contributed by atoms with van der Waals surface area (Å²) in [5.41, 5.74) is 7.48. The van der Waals surface area contributed by atoms with Crippen molar-refractivity contribution in [1.29, 1.82) is 0 Å². The fourth-order valence-corrected chi connectivity index (χ4v) is 1.29. The summed E-state index contributed by atoms with van der Waals surface area (Å²) >= 11 is 0. The molecule has 0 atom stereocenters. The van der Waals surface area contributed by atoms with Crippen LogP contribution in [0.1, 0.15) is 11.3 Å². The first kappa shape index (κ1) is 9.79. The second-order valence-electron chi connectivity index (χ2n) is 3.29. The molecule has 0 spiro atoms. The standard InChI is InChI=1S/C10H11FN4/c1-7-4-9(2-3-10(7)11)15-6-8(5-12)13-14-15/h2-4,6H,5,12H2,1H3. The lowest BCUT2D eigenvalue weighted by molar-refractivity contribution is 0.617. The minimum absolute atomic E-state index is 0.224. The molecule has 0 fully saturated rings. The maximum absolute atomic E-state index is 13.0. The SMILES string of the molecule is Cc1cc(-n2cc(CN)nn2)ccc1F. The zero-order chi connectivity index (χ0) is 10.8. The molecular formula is C10H11FN4. The van der Waals surface area contributed by atoms with Crippen LogP contribution in [-0.2, 0) is 6.54 Å². The zero-order valence-electron chi connectivity index (χ0n) is 8.31. The van der Waals surface area contributed by atoms with Crippen molar-refractivity contribution in [3.63, 3.8) is 0 Å². The monoisotopic (exact) mass is 206 g/mol. The number of nitrogens with zero attached hydrogens (tertiary/aromatic N) is 3. The highest BCUT2D eigenvalue weighted by Gasteiger charge is 2.03.